The Morgan fingerprint density at radius 3 is 2.79 bits per heavy atom. The van der Waals surface area contributed by atoms with E-state index >= 15 is 0 Å². The third-order valence-corrected chi connectivity index (χ3v) is 3.36. The van der Waals surface area contributed by atoms with Gasteiger partial charge in [0.2, 0.25) is 0 Å². The number of halogens is 2. The van der Waals surface area contributed by atoms with Gasteiger partial charge < -0.3 is 0 Å². The molecule has 2 atom stereocenters. The van der Waals surface area contributed by atoms with E-state index in [-0.39, 0.29) is 11.2 Å². The van der Waals surface area contributed by atoms with E-state index in [0.29, 0.717) is 5.92 Å². The summed E-state index contributed by atoms with van der Waals surface area (Å²) in [5, 5.41) is 0.236. The Kier molecular flexibility index (Phi) is 2.78. The zero-order chi connectivity index (χ0) is 10.1. The third-order valence-electron chi connectivity index (χ3n) is 2.96. The minimum atomic E-state index is -0.0774. The van der Waals surface area contributed by atoms with Crippen molar-refractivity contribution in [1.82, 2.24) is 0 Å². The molecule has 0 heterocycles. The Balaban J connectivity index is 2.27. The van der Waals surface area contributed by atoms with Crippen LogP contribution in [0.3, 0.4) is 0 Å². The lowest BCUT2D eigenvalue weighted by atomic mass is 9.96. The van der Waals surface area contributed by atoms with Crippen molar-refractivity contribution in [1.29, 1.82) is 0 Å². The van der Waals surface area contributed by atoms with Gasteiger partial charge in [-0.15, -0.1) is 11.6 Å². The van der Waals surface area contributed by atoms with E-state index in [1.54, 1.807) is 6.07 Å². The fourth-order valence-corrected chi connectivity index (χ4v) is 2.53. The van der Waals surface area contributed by atoms with Gasteiger partial charge in [0, 0.05) is 5.38 Å². The second-order valence-corrected chi connectivity index (χ2v) is 4.75. The average Bonchev–Trinajstić information content (AvgIpc) is 2.56. The molecule has 2 heteroatoms. The van der Waals surface area contributed by atoms with Crippen LogP contribution >= 0.6 is 11.6 Å². The molecule has 1 aromatic rings. The standard InChI is InChI=1S/C12H14ClF/c1-8-2-5-12(14)11(6-8)9-3-4-10(13)7-9/h2,5-6,9-10H,3-4,7H2,1H3. The molecular weight excluding hydrogens is 199 g/mol. The number of benzene rings is 1. The van der Waals surface area contributed by atoms with Gasteiger partial charge in [0.25, 0.3) is 0 Å². The van der Waals surface area contributed by atoms with Crippen LogP contribution in [0.15, 0.2) is 18.2 Å². The van der Waals surface area contributed by atoms with Crippen LogP contribution in [0, 0.1) is 12.7 Å². The predicted octanol–water partition coefficient (Wildman–Crippen LogP) is 4.01. The Morgan fingerprint density at radius 1 is 1.36 bits per heavy atom. The highest BCUT2D eigenvalue weighted by Gasteiger charge is 2.26. The molecule has 14 heavy (non-hydrogen) atoms. The van der Waals surface area contributed by atoms with Crippen molar-refractivity contribution in [2.24, 2.45) is 0 Å². The maximum atomic E-state index is 13.5. The lowest BCUT2D eigenvalue weighted by Crippen LogP contribution is -1.98. The van der Waals surface area contributed by atoms with E-state index < -0.39 is 0 Å². The number of hydrogen-bond acceptors (Lipinski definition) is 0. The van der Waals surface area contributed by atoms with Gasteiger partial charge in [0.1, 0.15) is 5.82 Å². The molecule has 1 fully saturated rings. The molecule has 0 nitrogen and oxygen atoms in total. The Labute approximate surface area is 89.1 Å². The fraction of sp³-hybridized carbons (Fsp3) is 0.500. The summed E-state index contributed by atoms with van der Waals surface area (Å²) in [6.45, 7) is 2.00. The molecule has 1 aliphatic rings. The third kappa shape index (κ3) is 1.93. The molecule has 0 aliphatic heterocycles. The van der Waals surface area contributed by atoms with E-state index in [1.807, 2.05) is 19.1 Å². The molecule has 1 saturated carbocycles. The summed E-state index contributed by atoms with van der Waals surface area (Å²) in [5.41, 5.74) is 1.98. The van der Waals surface area contributed by atoms with Crippen molar-refractivity contribution in [2.45, 2.75) is 37.5 Å². The summed E-state index contributed by atoms with van der Waals surface area (Å²) in [5.74, 6) is 0.253. The van der Waals surface area contributed by atoms with Crippen LogP contribution in [0.25, 0.3) is 0 Å². The smallest absolute Gasteiger partial charge is 0.126 e. The molecule has 0 radical (unpaired) electrons. The van der Waals surface area contributed by atoms with Gasteiger partial charge in [0.15, 0.2) is 0 Å². The first-order chi connectivity index (χ1) is 6.66. The quantitative estimate of drug-likeness (QED) is 0.617. The lowest BCUT2D eigenvalue weighted by molar-refractivity contribution is 0.580. The van der Waals surface area contributed by atoms with Crippen molar-refractivity contribution in [3.63, 3.8) is 0 Å². The summed E-state index contributed by atoms with van der Waals surface area (Å²) >= 11 is 6.03. The van der Waals surface area contributed by atoms with Gasteiger partial charge in [-0.3, -0.25) is 0 Å². The molecule has 0 N–H and O–H groups in total. The molecule has 0 amide bonds. The van der Waals surface area contributed by atoms with Crippen molar-refractivity contribution in [3.05, 3.63) is 35.1 Å². The van der Waals surface area contributed by atoms with Gasteiger partial charge in [-0.2, -0.15) is 0 Å². The van der Waals surface area contributed by atoms with E-state index in [9.17, 15) is 4.39 Å². The van der Waals surface area contributed by atoms with E-state index in [2.05, 4.69) is 0 Å². The molecule has 0 bridgehead atoms. The monoisotopic (exact) mass is 212 g/mol. The van der Waals surface area contributed by atoms with E-state index in [1.165, 1.54) is 0 Å². The molecule has 0 spiro atoms. The van der Waals surface area contributed by atoms with Gasteiger partial charge >= 0.3 is 0 Å². The Hall–Kier alpha value is -0.560. The minimum Gasteiger partial charge on any atom is -0.207 e. The van der Waals surface area contributed by atoms with Crippen molar-refractivity contribution in [2.75, 3.05) is 0 Å². The Bertz CT molecular complexity index is 335. The van der Waals surface area contributed by atoms with Crippen LogP contribution in [0.4, 0.5) is 4.39 Å². The van der Waals surface area contributed by atoms with Crippen LogP contribution in [-0.4, -0.2) is 5.38 Å². The highest BCUT2D eigenvalue weighted by Crippen LogP contribution is 2.38. The van der Waals surface area contributed by atoms with Gasteiger partial charge in [0.05, 0.1) is 0 Å². The van der Waals surface area contributed by atoms with Crippen molar-refractivity contribution >= 4 is 11.6 Å². The van der Waals surface area contributed by atoms with Crippen molar-refractivity contribution < 1.29 is 4.39 Å². The van der Waals surface area contributed by atoms with Crippen LogP contribution in [-0.2, 0) is 0 Å². The van der Waals surface area contributed by atoms with Crippen LogP contribution in [0.5, 0.6) is 0 Å². The zero-order valence-corrected chi connectivity index (χ0v) is 9.02. The number of alkyl halides is 1. The molecule has 0 aromatic heterocycles. The molecule has 2 unspecified atom stereocenters. The first-order valence-electron chi connectivity index (χ1n) is 5.07. The normalized spacial score (nSPS) is 26.8. The molecule has 2 rings (SSSR count). The van der Waals surface area contributed by atoms with Crippen LogP contribution in [0.2, 0.25) is 0 Å². The summed E-state index contributed by atoms with van der Waals surface area (Å²) in [7, 11) is 0. The molecular formula is C12H14ClF. The van der Waals surface area contributed by atoms with Crippen LogP contribution in [0.1, 0.15) is 36.3 Å². The SMILES string of the molecule is Cc1ccc(F)c(C2CCC(Cl)C2)c1. The molecule has 1 aliphatic carbocycles. The summed E-state index contributed by atoms with van der Waals surface area (Å²) in [4.78, 5) is 0. The highest BCUT2D eigenvalue weighted by molar-refractivity contribution is 6.20. The van der Waals surface area contributed by atoms with Gasteiger partial charge in [-0.25, -0.2) is 4.39 Å². The average molecular weight is 213 g/mol. The van der Waals surface area contributed by atoms with Gasteiger partial charge in [-0.05, 0) is 43.7 Å². The van der Waals surface area contributed by atoms with Gasteiger partial charge in [-0.1, -0.05) is 17.7 Å². The summed E-state index contributed by atoms with van der Waals surface area (Å²) < 4.78 is 13.5. The topological polar surface area (TPSA) is 0 Å². The zero-order valence-electron chi connectivity index (χ0n) is 8.26. The number of aryl methyl sites for hydroxylation is 1. The first kappa shape index (κ1) is 9.97. The van der Waals surface area contributed by atoms with E-state index in [4.69, 9.17) is 11.6 Å². The molecule has 1 aromatic carbocycles. The maximum absolute atomic E-state index is 13.5. The summed E-state index contributed by atoms with van der Waals surface area (Å²) in [6, 6.07) is 5.33. The fourth-order valence-electron chi connectivity index (χ4n) is 2.18. The number of rotatable bonds is 1. The number of hydrogen-bond donors (Lipinski definition) is 0. The van der Waals surface area contributed by atoms with Crippen LogP contribution < -0.4 is 0 Å². The summed E-state index contributed by atoms with van der Waals surface area (Å²) in [6.07, 6.45) is 2.95. The highest BCUT2D eigenvalue weighted by atomic mass is 35.5. The van der Waals surface area contributed by atoms with E-state index in [0.717, 1.165) is 30.4 Å². The minimum absolute atomic E-state index is 0.0774. The lowest BCUT2D eigenvalue weighted by Gasteiger charge is -2.11. The Morgan fingerprint density at radius 2 is 2.14 bits per heavy atom. The second kappa shape index (κ2) is 3.90. The molecule has 76 valence electrons. The molecule has 0 saturated heterocycles. The first-order valence-corrected chi connectivity index (χ1v) is 5.50. The maximum Gasteiger partial charge on any atom is 0.126 e. The predicted molar refractivity (Wildman–Crippen MR) is 57.4 cm³/mol. The largest absolute Gasteiger partial charge is 0.207 e. The van der Waals surface area contributed by atoms with Crippen molar-refractivity contribution in [3.8, 4) is 0 Å². The second-order valence-electron chi connectivity index (χ2n) is 4.13.